The highest BCUT2D eigenvalue weighted by Crippen LogP contribution is 2.29. The fourth-order valence-corrected chi connectivity index (χ4v) is 4.47. The largest absolute Gasteiger partial charge is 0.444 e. The summed E-state index contributed by atoms with van der Waals surface area (Å²) in [6.45, 7) is 15.4. The number of anilines is 1. The third-order valence-corrected chi connectivity index (χ3v) is 6.58. The van der Waals surface area contributed by atoms with Crippen molar-refractivity contribution in [1.82, 2.24) is 10.2 Å². The molecule has 0 radical (unpaired) electrons. The quantitative estimate of drug-likeness (QED) is 0.285. The topological polar surface area (TPSA) is 87.7 Å². The van der Waals surface area contributed by atoms with E-state index in [9.17, 15) is 14.4 Å². The van der Waals surface area contributed by atoms with Gasteiger partial charge in [0.15, 0.2) is 0 Å². The summed E-state index contributed by atoms with van der Waals surface area (Å²) in [4.78, 5) is 42.1. The Balaban J connectivity index is 2.48. The van der Waals surface area contributed by atoms with E-state index in [4.69, 9.17) is 4.74 Å². The van der Waals surface area contributed by atoms with Gasteiger partial charge in [-0.3, -0.25) is 9.59 Å². The molecule has 2 atom stereocenters. The van der Waals surface area contributed by atoms with Crippen LogP contribution in [0.3, 0.4) is 0 Å². The monoisotopic (exact) mass is 537 g/mol. The van der Waals surface area contributed by atoms with Crippen molar-refractivity contribution >= 4 is 23.6 Å². The minimum absolute atomic E-state index is 0.288. The highest BCUT2D eigenvalue weighted by Gasteiger charge is 2.35. The van der Waals surface area contributed by atoms with E-state index >= 15 is 0 Å². The van der Waals surface area contributed by atoms with Gasteiger partial charge in [-0.2, -0.15) is 0 Å². The van der Waals surface area contributed by atoms with Crippen molar-refractivity contribution in [1.29, 1.82) is 0 Å². The summed E-state index contributed by atoms with van der Waals surface area (Å²) in [5.41, 5.74) is 3.63. The molecule has 0 aliphatic heterocycles. The second kappa shape index (κ2) is 14.7. The number of unbranched alkanes of at least 4 members (excludes halogenated alkanes) is 4. The van der Waals surface area contributed by atoms with E-state index < -0.39 is 23.8 Å². The molecule has 2 rings (SSSR count). The summed E-state index contributed by atoms with van der Waals surface area (Å²) in [6.07, 6.45) is 4.34. The van der Waals surface area contributed by atoms with E-state index in [1.54, 1.807) is 32.6 Å². The Morgan fingerprint density at radius 3 is 2.23 bits per heavy atom. The summed E-state index contributed by atoms with van der Waals surface area (Å²) in [7, 11) is 0. The molecule has 0 aliphatic rings. The minimum Gasteiger partial charge on any atom is -0.444 e. The van der Waals surface area contributed by atoms with Crippen LogP contribution in [0, 0.1) is 20.8 Å². The average molecular weight is 538 g/mol. The number of carbonyl (C=O) groups is 3. The van der Waals surface area contributed by atoms with E-state index in [1.807, 2.05) is 63.2 Å². The summed E-state index contributed by atoms with van der Waals surface area (Å²) in [5.74, 6) is -0.619. The van der Waals surface area contributed by atoms with Gasteiger partial charge in [-0.15, -0.1) is 0 Å². The van der Waals surface area contributed by atoms with E-state index in [0.29, 0.717) is 12.2 Å². The predicted octanol–water partition coefficient (Wildman–Crippen LogP) is 7.00. The van der Waals surface area contributed by atoms with Crippen LogP contribution in [0.2, 0.25) is 0 Å². The third-order valence-electron chi connectivity index (χ3n) is 6.58. The normalized spacial score (nSPS) is 12.8. The molecule has 7 nitrogen and oxygen atoms in total. The highest BCUT2D eigenvalue weighted by atomic mass is 16.6. The van der Waals surface area contributed by atoms with Crippen molar-refractivity contribution in [3.8, 4) is 0 Å². The molecule has 214 valence electrons. The van der Waals surface area contributed by atoms with Crippen LogP contribution in [0.4, 0.5) is 10.5 Å². The van der Waals surface area contributed by atoms with E-state index in [1.165, 1.54) is 0 Å². The zero-order valence-electron chi connectivity index (χ0n) is 25.0. The second-order valence-corrected chi connectivity index (χ2v) is 11.4. The summed E-state index contributed by atoms with van der Waals surface area (Å²) in [6, 6.07) is 11.8. The maximum Gasteiger partial charge on any atom is 0.408 e. The number of nitrogens with zero attached hydrogens (tertiary/aromatic N) is 1. The first-order valence-electron chi connectivity index (χ1n) is 14.1. The lowest BCUT2D eigenvalue weighted by Gasteiger charge is -2.34. The molecule has 3 amide bonds. The number of amides is 3. The number of hydrogen-bond acceptors (Lipinski definition) is 4. The van der Waals surface area contributed by atoms with Gasteiger partial charge in [0.2, 0.25) is 5.91 Å². The van der Waals surface area contributed by atoms with Gasteiger partial charge in [0.1, 0.15) is 17.7 Å². The lowest BCUT2D eigenvalue weighted by Crippen LogP contribution is -2.51. The number of aryl methyl sites for hydroxylation is 3. The molecule has 0 spiro atoms. The van der Waals surface area contributed by atoms with Crippen LogP contribution in [-0.2, 0) is 14.3 Å². The van der Waals surface area contributed by atoms with Gasteiger partial charge >= 0.3 is 6.09 Å². The molecule has 0 aliphatic carbocycles. The van der Waals surface area contributed by atoms with Crippen molar-refractivity contribution in [3.63, 3.8) is 0 Å². The molecule has 0 heterocycles. The maximum absolute atomic E-state index is 14.0. The number of para-hydroxylation sites is 1. The molecule has 0 fully saturated rings. The van der Waals surface area contributed by atoms with Crippen LogP contribution in [-0.4, -0.2) is 41.0 Å². The van der Waals surface area contributed by atoms with Crippen LogP contribution in [0.5, 0.6) is 0 Å². The Bertz CT molecular complexity index is 1120. The molecule has 2 aromatic rings. The number of ether oxygens (including phenoxy) is 1. The highest BCUT2D eigenvalue weighted by molar-refractivity contribution is 5.99. The zero-order valence-corrected chi connectivity index (χ0v) is 25.0. The Kier molecular flexibility index (Phi) is 12.0. The molecule has 2 aromatic carbocycles. The van der Waals surface area contributed by atoms with Crippen LogP contribution >= 0.6 is 0 Å². The van der Waals surface area contributed by atoms with Gasteiger partial charge in [-0.25, -0.2) is 4.79 Å². The van der Waals surface area contributed by atoms with E-state index in [0.717, 1.165) is 54.4 Å². The van der Waals surface area contributed by atoms with Crippen molar-refractivity contribution in [3.05, 3.63) is 64.7 Å². The average Bonchev–Trinajstić information content (AvgIpc) is 2.84. The van der Waals surface area contributed by atoms with Crippen molar-refractivity contribution in [2.75, 3.05) is 11.9 Å². The number of rotatable bonds is 12. The first-order valence-corrected chi connectivity index (χ1v) is 14.1. The fourth-order valence-electron chi connectivity index (χ4n) is 4.47. The summed E-state index contributed by atoms with van der Waals surface area (Å²) in [5, 5.41) is 5.74. The zero-order chi connectivity index (χ0) is 29.2. The number of carbonyl (C=O) groups excluding carboxylic acids is 3. The SMILES string of the molecule is CCCCCCCN(C(=O)C(C)NC(=O)OC(C)(C)C)C(C(=O)Nc1ccccc1C)c1cc(C)ccc1C. The molecular weight excluding hydrogens is 490 g/mol. The number of nitrogens with one attached hydrogen (secondary N) is 2. The molecule has 2 unspecified atom stereocenters. The number of benzene rings is 2. The molecule has 2 N–H and O–H groups in total. The smallest absolute Gasteiger partial charge is 0.408 e. The Labute approximate surface area is 234 Å². The Hall–Kier alpha value is -3.35. The van der Waals surface area contributed by atoms with Crippen molar-refractivity contribution < 1.29 is 19.1 Å². The van der Waals surface area contributed by atoms with Crippen LogP contribution in [0.15, 0.2) is 42.5 Å². The molecule has 0 aromatic heterocycles. The first-order chi connectivity index (χ1) is 18.3. The Morgan fingerprint density at radius 2 is 1.59 bits per heavy atom. The minimum atomic E-state index is -0.880. The third kappa shape index (κ3) is 10.0. The predicted molar refractivity (Wildman–Crippen MR) is 158 cm³/mol. The maximum atomic E-state index is 14.0. The summed E-state index contributed by atoms with van der Waals surface area (Å²) >= 11 is 0. The van der Waals surface area contributed by atoms with Gasteiger partial charge in [0, 0.05) is 12.2 Å². The summed E-state index contributed by atoms with van der Waals surface area (Å²) < 4.78 is 5.38. The standard InChI is InChI=1S/C32H47N3O4/c1-9-10-11-12-15-20-35(30(37)25(5)33-31(38)39-32(6,7)8)28(26-21-22(2)18-19-23(26)3)29(36)34-27-17-14-13-16-24(27)4/h13-14,16-19,21,25,28H,9-12,15,20H2,1-8H3,(H,33,38)(H,34,36). The van der Waals surface area contributed by atoms with Gasteiger partial charge in [-0.05, 0) is 77.6 Å². The van der Waals surface area contributed by atoms with Gasteiger partial charge < -0.3 is 20.3 Å². The molecule has 0 saturated carbocycles. The molecule has 39 heavy (non-hydrogen) atoms. The van der Waals surface area contributed by atoms with Crippen molar-refractivity contribution in [2.24, 2.45) is 0 Å². The first kappa shape index (κ1) is 31.9. The molecule has 0 saturated heterocycles. The van der Waals surface area contributed by atoms with Crippen molar-refractivity contribution in [2.45, 2.75) is 105 Å². The molecule has 7 heteroatoms. The van der Waals surface area contributed by atoms with Crippen LogP contribution in [0.1, 0.15) is 95.0 Å². The Morgan fingerprint density at radius 1 is 0.923 bits per heavy atom. The van der Waals surface area contributed by atoms with Crippen LogP contribution < -0.4 is 10.6 Å². The van der Waals surface area contributed by atoms with E-state index in [2.05, 4.69) is 17.6 Å². The molecule has 0 bridgehead atoms. The number of hydrogen-bond donors (Lipinski definition) is 2. The van der Waals surface area contributed by atoms with Gasteiger partial charge in [0.05, 0.1) is 0 Å². The van der Waals surface area contributed by atoms with E-state index in [-0.39, 0.29) is 11.8 Å². The lowest BCUT2D eigenvalue weighted by molar-refractivity contribution is -0.140. The number of alkyl carbamates (subject to hydrolysis) is 1. The fraction of sp³-hybridized carbons (Fsp3) is 0.531. The van der Waals surface area contributed by atoms with Gasteiger partial charge in [0.25, 0.3) is 5.91 Å². The second-order valence-electron chi connectivity index (χ2n) is 11.4. The van der Waals surface area contributed by atoms with Crippen LogP contribution in [0.25, 0.3) is 0 Å². The molecular formula is C32H47N3O4. The lowest BCUT2D eigenvalue weighted by atomic mass is 9.95. The van der Waals surface area contributed by atoms with Gasteiger partial charge in [-0.1, -0.05) is 74.6 Å².